The van der Waals surface area contributed by atoms with E-state index in [1.54, 1.807) is 0 Å². The Morgan fingerprint density at radius 1 is 1.20 bits per heavy atom. The molecule has 82 valence electrons. The van der Waals surface area contributed by atoms with Gasteiger partial charge in [0.2, 0.25) is 0 Å². The molecule has 0 aromatic heterocycles. The zero-order valence-electron chi connectivity index (χ0n) is 8.67. The Labute approximate surface area is 103 Å². The first-order valence-electron chi connectivity index (χ1n) is 6.04. The van der Waals surface area contributed by atoms with Crippen LogP contribution in [-0.2, 0) is 9.53 Å². The SMILES string of the molecule is O=C1O[C@H]2C[C@]34CCCC[C@@]3(C[C@H]2I)[C@@H]14. The lowest BCUT2D eigenvalue weighted by atomic mass is 9.70. The summed E-state index contributed by atoms with van der Waals surface area (Å²) in [5.41, 5.74) is 0.800. The fourth-order valence-corrected chi connectivity index (χ4v) is 6.19. The van der Waals surface area contributed by atoms with Gasteiger partial charge in [0.25, 0.3) is 0 Å². The van der Waals surface area contributed by atoms with Gasteiger partial charge in [0, 0.05) is 3.92 Å². The summed E-state index contributed by atoms with van der Waals surface area (Å²) in [6, 6.07) is 0. The number of carbonyl (C=O) groups is 1. The minimum absolute atomic E-state index is 0.146. The predicted molar refractivity (Wildman–Crippen MR) is 63.7 cm³/mol. The molecule has 4 fully saturated rings. The van der Waals surface area contributed by atoms with Crippen molar-refractivity contribution < 1.29 is 9.53 Å². The van der Waals surface area contributed by atoms with Gasteiger partial charge in [0.05, 0.1) is 5.92 Å². The molecular weight excluding hydrogens is 303 g/mol. The van der Waals surface area contributed by atoms with E-state index in [0.29, 0.717) is 20.7 Å². The Morgan fingerprint density at radius 3 is 2.60 bits per heavy atom. The molecule has 0 aromatic carbocycles. The minimum Gasteiger partial charge on any atom is -0.461 e. The summed E-state index contributed by atoms with van der Waals surface area (Å²) >= 11 is 2.50. The molecule has 3 heteroatoms. The first-order valence-corrected chi connectivity index (χ1v) is 7.29. The molecule has 0 N–H and O–H groups in total. The maximum atomic E-state index is 12.0. The van der Waals surface area contributed by atoms with E-state index in [1.165, 1.54) is 38.5 Å². The van der Waals surface area contributed by atoms with E-state index in [0.717, 1.165) is 0 Å². The maximum Gasteiger partial charge on any atom is 0.310 e. The van der Waals surface area contributed by atoms with E-state index in [9.17, 15) is 4.79 Å². The molecule has 1 aliphatic heterocycles. The van der Waals surface area contributed by atoms with Gasteiger partial charge in [-0.2, -0.15) is 0 Å². The fraction of sp³-hybridized carbons (Fsp3) is 0.917. The summed E-state index contributed by atoms with van der Waals surface area (Å²) in [6.07, 6.45) is 7.92. The van der Waals surface area contributed by atoms with Crippen molar-refractivity contribution in [2.24, 2.45) is 16.7 Å². The van der Waals surface area contributed by atoms with Gasteiger partial charge in [-0.25, -0.2) is 0 Å². The van der Waals surface area contributed by atoms with Crippen molar-refractivity contribution in [3.63, 3.8) is 0 Å². The number of fused-ring (bicyclic) bond motifs is 1. The van der Waals surface area contributed by atoms with E-state index in [4.69, 9.17) is 4.74 Å². The van der Waals surface area contributed by atoms with Gasteiger partial charge in [-0.05, 0) is 36.5 Å². The molecule has 0 amide bonds. The third kappa shape index (κ3) is 0.839. The van der Waals surface area contributed by atoms with Crippen LogP contribution in [-0.4, -0.2) is 16.0 Å². The molecule has 1 heterocycles. The van der Waals surface area contributed by atoms with E-state index in [2.05, 4.69) is 22.6 Å². The third-order valence-corrected chi connectivity index (χ3v) is 6.78. The summed E-state index contributed by atoms with van der Waals surface area (Å²) in [4.78, 5) is 12.0. The van der Waals surface area contributed by atoms with E-state index < -0.39 is 0 Å². The zero-order valence-corrected chi connectivity index (χ0v) is 10.8. The van der Waals surface area contributed by atoms with Crippen LogP contribution in [0.25, 0.3) is 0 Å². The van der Waals surface area contributed by atoms with Crippen molar-refractivity contribution in [1.82, 2.24) is 0 Å². The van der Waals surface area contributed by atoms with Crippen molar-refractivity contribution in [2.45, 2.75) is 48.6 Å². The van der Waals surface area contributed by atoms with Crippen LogP contribution in [0.3, 0.4) is 0 Å². The van der Waals surface area contributed by atoms with Crippen LogP contribution in [0.1, 0.15) is 38.5 Å². The van der Waals surface area contributed by atoms with Crippen LogP contribution in [0.5, 0.6) is 0 Å². The standard InChI is InChI=1S/C12H15IO2/c13-7-5-11-3-1-2-4-12(11)6-8(7)15-10(14)9(11)12/h7-9H,1-6H2/t7-,8+,9-,11-,12+/m1/s1. The molecule has 4 aliphatic rings. The highest BCUT2D eigenvalue weighted by Crippen LogP contribution is 2.83. The zero-order chi connectivity index (χ0) is 10.3. The fourth-order valence-electron chi connectivity index (χ4n) is 5.00. The monoisotopic (exact) mass is 318 g/mol. The summed E-state index contributed by atoms with van der Waals surface area (Å²) in [7, 11) is 0. The molecule has 2 nitrogen and oxygen atoms in total. The number of hydrogen-bond acceptors (Lipinski definition) is 2. The van der Waals surface area contributed by atoms with Gasteiger partial charge in [-0.1, -0.05) is 35.4 Å². The largest absolute Gasteiger partial charge is 0.461 e. The number of rotatable bonds is 0. The first kappa shape index (κ1) is 9.25. The second-order valence-electron chi connectivity index (χ2n) is 5.85. The van der Waals surface area contributed by atoms with Crippen LogP contribution >= 0.6 is 22.6 Å². The number of carbonyl (C=O) groups excluding carboxylic acids is 1. The molecule has 0 aromatic rings. The van der Waals surface area contributed by atoms with Gasteiger partial charge in [-0.15, -0.1) is 0 Å². The second kappa shape index (κ2) is 2.54. The highest BCUT2D eigenvalue weighted by molar-refractivity contribution is 14.1. The number of esters is 1. The normalized spacial score (nSPS) is 60.6. The number of alkyl halides is 1. The van der Waals surface area contributed by atoms with Gasteiger partial charge in [0.1, 0.15) is 6.10 Å². The molecule has 1 saturated heterocycles. The van der Waals surface area contributed by atoms with Crippen molar-refractivity contribution in [3.05, 3.63) is 0 Å². The lowest BCUT2D eigenvalue weighted by Gasteiger charge is -2.40. The maximum absolute atomic E-state index is 12.0. The van der Waals surface area contributed by atoms with Gasteiger partial charge < -0.3 is 4.74 Å². The van der Waals surface area contributed by atoms with Gasteiger partial charge in [-0.3, -0.25) is 4.79 Å². The topological polar surface area (TPSA) is 26.3 Å². The Bertz CT molecular complexity index is 356. The lowest BCUT2D eigenvalue weighted by molar-refractivity contribution is -0.157. The molecule has 4 rings (SSSR count). The molecule has 1 spiro atoms. The molecule has 3 saturated carbocycles. The summed E-state index contributed by atoms with van der Waals surface area (Å²) in [5, 5.41) is 0. The average Bonchev–Trinajstić information content (AvgIpc) is 2.83. The quantitative estimate of drug-likeness (QED) is 0.390. The van der Waals surface area contributed by atoms with Crippen LogP contribution in [0.2, 0.25) is 0 Å². The Kier molecular flexibility index (Phi) is 1.57. The first-order chi connectivity index (χ1) is 7.20. The van der Waals surface area contributed by atoms with Crippen LogP contribution in [0.15, 0.2) is 0 Å². The molecule has 5 atom stereocenters. The Hall–Kier alpha value is 0.200. The van der Waals surface area contributed by atoms with Gasteiger partial charge in [0.15, 0.2) is 0 Å². The lowest BCUT2D eigenvalue weighted by Crippen LogP contribution is -2.40. The molecule has 0 radical (unpaired) electrons. The average molecular weight is 318 g/mol. The van der Waals surface area contributed by atoms with Crippen molar-refractivity contribution >= 4 is 28.6 Å². The number of hydrogen-bond donors (Lipinski definition) is 0. The molecular formula is C12H15IO2. The summed E-state index contributed by atoms with van der Waals surface area (Å²) in [6.45, 7) is 0. The summed E-state index contributed by atoms with van der Waals surface area (Å²) in [5.74, 6) is 0.441. The van der Waals surface area contributed by atoms with Gasteiger partial charge >= 0.3 is 5.97 Å². The molecule has 15 heavy (non-hydrogen) atoms. The molecule has 2 bridgehead atoms. The van der Waals surface area contributed by atoms with Crippen molar-refractivity contribution in [2.75, 3.05) is 0 Å². The Balaban J connectivity index is 1.84. The van der Waals surface area contributed by atoms with E-state index in [1.807, 2.05) is 0 Å². The van der Waals surface area contributed by atoms with Crippen molar-refractivity contribution in [1.29, 1.82) is 0 Å². The predicted octanol–water partition coefficient (Wildman–Crippen LogP) is 2.69. The molecule has 3 aliphatic carbocycles. The second-order valence-corrected chi connectivity index (χ2v) is 7.45. The number of halogens is 1. The Morgan fingerprint density at radius 2 is 1.87 bits per heavy atom. The van der Waals surface area contributed by atoms with E-state index >= 15 is 0 Å². The highest BCUT2D eigenvalue weighted by atomic mass is 127. The third-order valence-electron chi connectivity index (χ3n) is 5.54. The minimum atomic E-state index is 0.146. The smallest absolute Gasteiger partial charge is 0.310 e. The van der Waals surface area contributed by atoms with E-state index in [-0.39, 0.29) is 12.1 Å². The van der Waals surface area contributed by atoms with Crippen LogP contribution in [0.4, 0.5) is 0 Å². The van der Waals surface area contributed by atoms with Crippen LogP contribution < -0.4 is 0 Å². The van der Waals surface area contributed by atoms with Crippen molar-refractivity contribution in [3.8, 4) is 0 Å². The highest BCUT2D eigenvalue weighted by Gasteiger charge is 2.83. The summed E-state index contributed by atoms with van der Waals surface area (Å²) < 4.78 is 6.15. The van der Waals surface area contributed by atoms with Crippen LogP contribution in [0, 0.1) is 16.7 Å². The number of ether oxygens (including phenoxy) is 1. The molecule has 0 unspecified atom stereocenters.